The lowest BCUT2D eigenvalue weighted by Gasteiger charge is -2.11. The number of amides is 1. The van der Waals surface area contributed by atoms with Crippen LogP contribution in [0.3, 0.4) is 0 Å². The molecule has 1 aromatic carbocycles. The van der Waals surface area contributed by atoms with Gasteiger partial charge < -0.3 is 15.5 Å². The van der Waals surface area contributed by atoms with Gasteiger partial charge in [0.05, 0.1) is 17.0 Å². The molecule has 0 radical (unpaired) electrons. The summed E-state index contributed by atoms with van der Waals surface area (Å²) in [6.45, 7) is -0.701. The Bertz CT molecular complexity index is 1210. The van der Waals surface area contributed by atoms with Gasteiger partial charge in [0.2, 0.25) is 0 Å². The molecule has 10 nitrogen and oxygen atoms in total. The van der Waals surface area contributed by atoms with Gasteiger partial charge in [-0.3, -0.25) is 19.0 Å². The van der Waals surface area contributed by atoms with E-state index in [0.29, 0.717) is 11.1 Å². The highest BCUT2D eigenvalue weighted by Gasteiger charge is 2.22. The first-order valence-corrected chi connectivity index (χ1v) is 7.92. The summed E-state index contributed by atoms with van der Waals surface area (Å²) in [6, 6.07) is 8.47. The average Bonchev–Trinajstić information content (AvgIpc) is 2.70. The van der Waals surface area contributed by atoms with Crippen molar-refractivity contribution < 1.29 is 19.8 Å². The number of aliphatic carboxylic acids is 1. The lowest BCUT2D eigenvalue weighted by molar-refractivity contribution is -0.135. The van der Waals surface area contributed by atoms with Crippen LogP contribution in [-0.2, 0) is 11.8 Å². The van der Waals surface area contributed by atoms with Crippen LogP contribution in [0.15, 0.2) is 35.3 Å². The number of benzene rings is 1. The molecule has 0 bridgehead atoms. The lowest BCUT2D eigenvalue weighted by atomic mass is 10.1. The number of carboxylic acids is 1. The first kappa shape index (κ1) is 18.5. The van der Waals surface area contributed by atoms with Gasteiger partial charge in [-0.2, -0.15) is 5.26 Å². The number of aromatic nitrogens is 3. The summed E-state index contributed by atoms with van der Waals surface area (Å²) in [7, 11) is 1.37. The molecule has 2 aromatic heterocycles. The average molecular weight is 379 g/mol. The van der Waals surface area contributed by atoms with E-state index in [4.69, 9.17) is 10.4 Å². The lowest BCUT2D eigenvalue weighted by Crippen LogP contribution is -2.35. The third-order valence-corrected chi connectivity index (χ3v) is 4.00. The molecule has 1 amide bonds. The van der Waals surface area contributed by atoms with Crippen molar-refractivity contribution in [2.24, 2.45) is 7.05 Å². The molecule has 0 saturated heterocycles. The first-order valence-electron chi connectivity index (χ1n) is 7.92. The Morgan fingerprint density at radius 2 is 1.96 bits per heavy atom. The quantitative estimate of drug-likeness (QED) is 0.587. The van der Waals surface area contributed by atoms with Gasteiger partial charge in [-0.05, 0) is 24.3 Å². The molecule has 0 atom stereocenters. The molecule has 3 rings (SSSR count). The number of carbonyl (C=O) groups is 2. The van der Waals surface area contributed by atoms with Crippen molar-refractivity contribution in [3.8, 4) is 23.2 Å². The van der Waals surface area contributed by atoms with Crippen molar-refractivity contribution in [1.82, 2.24) is 19.9 Å². The van der Waals surface area contributed by atoms with E-state index < -0.39 is 35.3 Å². The molecule has 28 heavy (non-hydrogen) atoms. The third kappa shape index (κ3) is 3.24. The second kappa shape index (κ2) is 7.16. The number of aromatic hydroxyl groups is 1. The molecular formula is C18H13N5O5. The fraction of sp³-hybridized carbons (Fsp3) is 0.111. The molecule has 2 heterocycles. The number of hydrogen-bond donors (Lipinski definition) is 3. The molecule has 0 aliphatic rings. The van der Waals surface area contributed by atoms with E-state index in [2.05, 4.69) is 9.97 Å². The Morgan fingerprint density at radius 1 is 1.29 bits per heavy atom. The molecule has 0 aliphatic heterocycles. The molecule has 140 valence electrons. The smallest absolute Gasteiger partial charge is 0.322 e. The van der Waals surface area contributed by atoms with Crippen molar-refractivity contribution >= 4 is 22.9 Å². The summed E-state index contributed by atoms with van der Waals surface area (Å²) >= 11 is 0. The zero-order valence-corrected chi connectivity index (χ0v) is 14.5. The maximum atomic E-state index is 12.5. The number of nitriles is 1. The highest BCUT2D eigenvalue weighted by Crippen LogP contribution is 2.26. The van der Waals surface area contributed by atoms with Crippen LogP contribution in [-0.4, -0.2) is 43.2 Å². The molecule has 0 unspecified atom stereocenters. The van der Waals surface area contributed by atoms with Crippen LogP contribution in [0.1, 0.15) is 15.9 Å². The highest BCUT2D eigenvalue weighted by atomic mass is 16.4. The largest absolute Gasteiger partial charge is 0.506 e. The Hall–Kier alpha value is -4.26. The van der Waals surface area contributed by atoms with E-state index in [0.717, 1.165) is 4.57 Å². The third-order valence-electron chi connectivity index (χ3n) is 4.00. The summed E-state index contributed by atoms with van der Waals surface area (Å²) in [5, 5.41) is 30.0. The van der Waals surface area contributed by atoms with Gasteiger partial charge in [0.15, 0.2) is 5.82 Å². The number of aryl methyl sites for hydroxylation is 1. The van der Waals surface area contributed by atoms with Gasteiger partial charge in [0, 0.05) is 18.8 Å². The fourth-order valence-electron chi connectivity index (χ4n) is 2.58. The van der Waals surface area contributed by atoms with Gasteiger partial charge in [-0.1, -0.05) is 0 Å². The van der Waals surface area contributed by atoms with E-state index in [1.807, 2.05) is 11.4 Å². The minimum Gasteiger partial charge on any atom is -0.506 e. The van der Waals surface area contributed by atoms with E-state index in [1.165, 1.54) is 13.2 Å². The zero-order valence-electron chi connectivity index (χ0n) is 14.5. The van der Waals surface area contributed by atoms with Gasteiger partial charge in [0.25, 0.3) is 11.5 Å². The standard InChI is InChI=1S/C18H13N5O5/c1-23-16-11(14(26)13(18(23)28)17(27)21-8-12(24)25)7-20-15(22-16)10-4-2-9(6-19)3-5-10/h2-5,7,26H,8H2,1H3,(H,21,27)(H,24,25). The van der Waals surface area contributed by atoms with Gasteiger partial charge >= 0.3 is 5.97 Å². The number of rotatable bonds is 4. The second-order valence-electron chi connectivity index (χ2n) is 5.78. The first-order chi connectivity index (χ1) is 13.3. The molecule has 0 aliphatic carbocycles. The molecule has 0 saturated carbocycles. The van der Waals surface area contributed by atoms with Crippen molar-refractivity contribution in [3.63, 3.8) is 0 Å². The molecule has 0 spiro atoms. The number of nitrogens with one attached hydrogen (secondary N) is 1. The van der Waals surface area contributed by atoms with Crippen LogP contribution >= 0.6 is 0 Å². The molecule has 3 N–H and O–H groups in total. The number of fused-ring (bicyclic) bond motifs is 1. The maximum Gasteiger partial charge on any atom is 0.322 e. The number of pyridine rings is 1. The van der Waals surface area contributed by atoms with Crippen LogP contribution < -0.4 is 10.9 Å². The van der Waals surface area contributed by atoms with Crippen LogP contribution in [0.25, 0.3) is 22.4 Å². The summed E-state index contributed by atoms with van der Waals surface area (Å²) in [5.41, 5.74) is -0.280. The molecule has 10 heteroatoms. The summed E-state index contributed by atoms with van der Waals surface area (Å²) in [5.74, 6) is -2.68. The molecule has 0 fully saturated rings. The predicted octanol–water partition coefficient (Wildman–Crippen LogP) is 0.387. The topological polar surface area (TPSA) is 158 Å². The van der Waals surface area contributed by atoms with Crippen LogP contribution in [0, 0.1) is 11.3 Å². The highest BCUT2D eigenvalue weighted by molar-refractivity contribution is 6.02. The van der Waals surface area contributed by atoms with Gasteiger partial charge in [0.1, 0.15) is 23.5 Å². The number of carboxylic acid groups (broad SMARTS) is 1. The summed E-state index contributed by atoms with van der Waals surface area (Å²) < 4.78 is 1.07. The second-order valence-corrected chi connectivity index (χ2v) is 5.78. The summed E-state index contributed by atoms with van der Waals surface area (Å²) in [6.07, 6.45) is 1.26. The van der Waals surface area contributed by atoms with E-state index in [1.54, 1.807) is 24.3 Å². The minimum absolute atomic E-state index is 0.0555. The Balaban J connectivity index is 2.13. The van der Waals surface area contributed by atoms with Crippen LogP contribution in [0.5, 0.6) is 5.75 Å². The van der Waals surface area contributed by atoms with E-state index >= 15 is 0 Å². The monoisotopic (exact) mass is 379 g/mol. The fourth-order valence-corrected chi connectivity index (χ4v) is 2.58. The van der Waals surface area contributed by atoms with Crippen molar-refractivity contribution in [3.05, 3.63) is 51.9 Å². The predicted molar refractivity (Wildman–Crippen MR) is 96.6 cm³/mol. The van der Waals surface area contributed by atoms with Crippen molar-refractivity contribution in [2.75, 3.05) is 6.54 Å². The van der Waals surface area contributed by atoms with Crippen molar-refractivity contribution in [1.29, 1.82) is 5.26 Å². The Labute approximate surface area is 157 Å². The normalized spacial score (nSPS) is 10.4. The maximum absolute atomic E-state index is 12.5. The number of nitrogens with zero attached hydrogens (tertiary/aromatic N) is 4. The minimum atomic E-state index is -1.29. The van der Waals surface area contributed by atoms with Crippen LogP contribution in [0.4, 0.5) is 0 Å². The van der Waals surface area contributed by atoms with Crippen LogP contribution in [0.2, 0.25) is 0 Å². The SMILES string of the molecule is Cn1c(=O)c(C(=O)NCC(=O)O)c(O)c2cnc(-c3ccc(C#N)cc3)nc21. The molecule has 3 aromatic rings. The van der Waals surface area contributed by atoms with Gasteiger partial charge in [-0.25, -0.2) is 9.97 Å². The summed E-state index contributed by atoms with van der Waals surface area (Å²) in [4.78, 5) is 43.7. The zero-order chi connectivity index (χ0) is 20.4. The van der Waals surface area contributed by atoms with Gasteiger partial charge in [-0.15, -0.1) is 0 Å². The number of carbonyl (C=O) groups excluding carboxylic acids is 1. The Kier molecular flexibility index (Phi) is 4.74. The number of hydrogen-bond acceptors (Lipinski definition) is 7. The van der Waals surface area contributed by atoms with Crippen molar-refractivity contribution in [2.45, 2.75) is 0 Å². The molecular weight excluding hydrogens is 366 g/mol. The van der Waals surface area contributed by atoms with E-state index in [-0.39, 0.29) is 16.9 Å². The Morgan fingerprint density at radius 3 is 2.57 bits per heavy atom. The van der Waals surface area contributed by atoms with E-state index in [9.17, 15) is 19.5 Å².